The molecular weight excluding hydrogens is 398 g/mol. The molecule has 7 heteroatoms. The van der Waals surface area contributed by atoms with E-state index in [4.69, 9.17) is 0 Å². The zero-order valence-corrected chi connectivity index (χ0v) is 18.7. The average Bonchev–Trinajstić information content (AvgIpc) is 2.79. The predicted octanol–water partition coefficient (Wildman–Crippen LogP) is 3.53. The molecule has 1 fully saturated rings. The maximum absolute atomic E-state index is 12.9. The Balaban J connectivity index is 1.62. The summed E-state index contributed by atoms with van der Waals surface area (Å²) in [6.07, 6.45) is 1.00. The van der Waals surface area contributed by atoms with Gasteiger partial charge in [-0.1, -0.05) is 50.2 Å². The van der Waals surface area contributed by atoms with Gasteiger partial charge in [-0.2, -0.15) is 4.31 Å². The molecule has 1 aliphatic heterocycles. The number of para-hydroxylation sites is 1. The Hall–Kier alpha value is -2.22. The van der Waals surface area contributed by atoms with Crippen LogP contribution >= 0.6 is 0 Å². The Bertz CT molecular complexity index is 955. The highest BCUT2D eigenvalue weighted by Gasteiger charge is 2.31. The third kappa shape index (κ3) is 4.91. The largest absolute Gasteiger partial charge is 0.324 e. The molecule has 2 aromatic carbocycles. The second kappa shape index (κ2) is 9.73. The molecule has 0 aliphatic carbocycles. The van der Waals surface area contributed by atoms with Crippen molar-refractivity contribution in [1.29, 1.82) is 0 Å². The maximum atomic E-state index is 12.9. The molecule has 0 saturated carbocycles. The first-order valence-electron chi connectivity index (χ1n) is 10.5. The van der Waals surface area contributed by atoms with Crippen molar-refractivity contribution < 1.29 is 13.2 Å². The molecule has 0 unspecified atom stereocenters. The minimum atomic E-state index is -3.49. The number of nitrogens with one attached hydrogen (secondary N) is 1. The van der Waals surface area contributed by atoms with Gasteiger partial charge in [0.15, 0.2) is 0 Å². The van der Waals surface area contributed by atoms with Gasteiger partial charge in [0.25, 0.3) is 0 Å². The van der Waals surface area contributed by atoms with Gasteiger partial charge in [-0.25, -0.2) is 8.42 Å². The predicted molar refractivity (Wildman–Crippen MR) is 120 cm³/mol. The molecule has 0 spiro atoms. The fraction of sp³-hybridized carbons (Fsp3) is 0.435. The molecule has 6 nitrogen and oxygen atoms in total. The molecule has 1 saturated heterocycles. The van der Waals surface area contributed by atoms with Crippen molar-refractivity contribution in [3.63, 3.8) is 0 Å². The summed E-state index contributed by atoms with van der Waals surface area (Å²) in [5, 5.41) is 3.08. The van der Waals surface area contributed by atoms with Crippen LogP contribution in [0.5, 0.6) is 0 Å². The Morgan fingerprint density at radius 1 is 0.967 bits per heavy atom. The summed E-state index contributed by atoms with van der Waals surface area (Å²) in [5.74, 6) is 0.300. The van der Waals surface area contributed by atoms with Gasteiger partial charge in [0, 0.05) is 31.9 Å². The van der Waals surface area contributed by atoms with E-state index in [0.29, 0.717) is 37.0 Å². The van der Waals surface area contributed by atoms with Crippen LogP contribution in [0.1, 0.15) is 38.7 Å². The van der Waals surface area contributed by atoms with E-state index in [0.717, 1.165) is 17.7 Å². The van der Waals surface area contributed by atoms with Crippen LogP contribution in [-0.2, 0) is 14.8 Å². The van der Waals surface area contributed by atoms with E-state index in [1.807, 2.05) is 30.0 Å². The number of carbonyl (C=O) groups excluding carboxylic acids is 1. The van der Waals surface area contributed by atoms with Crippen LogP contribution in [0.3, 0.4) is 0 Å². The van der Waals surface area contributed by atoms with Gasteiger partial charge in [0.1, 0.15) is 0 Å². The number of carbonyl (C=O) groups is 1. The van der Waals surface area contributed by atoms with Crippen molar-refractivity contribution in [3.05, 3.63) is 60.2 Å². The highest BCUT2D eigenvalue weighted by atomic mass is 32.2. The molecule has 2 aromatic rings. The van der Waals surface area contributed by atoms with Gasteiger partial charge >= 0.3 is 0 Å². The van der Waals surface area contributed by atoms with Crippen molar-refractivity contribution >= 4 is 21.6 Å². The van der Waals surface area contributed by atoms with Crippen LogP contribution in [0.4, 0.5) is 5.69 Å². The Kier molecular flexibility index (Phi) is 7.28. The molecule has 1 heterocycles. The van der Waals surface area contributed by atoms with Crippen LogP contribution in [0, 0.1) is 0 Å². The zero-order valence-electron chi connectivity index (χ0n) is 17.9. The lowest BCUT2D eigenvalue weighted by molar-refractivity contribution is -0.121. The number of benzene rings is 2. The molecule has 3 rings (SSSR count). The standard InChI is InChI=1S/C23H31N3O3S/c1-4-18(2)21-12-8-9-13-22(21)24-23(27)19(3)25-14-16-26(17-15-25)30(28,29)20-10-6-5-7-11-20/h5-13,18-19H,4,14-17H2,1-3H3,(H,24,27)/t18-,19+/m1/s1. The monoisotopic (exact) mass is 429 g/mol. The summed E-state index contributed by atoms with van der Waals surface area (Å²) < 4.78 is 27.1. The van der Waals surface area contributed by atoms with Gasteiger partial charge in [-0.15, -0.1) is 0 Å². The highest BCUT2D eigenvalue weighted by molar-refractivity contribution is 7.89. The highest BCUT2D eigenvalue weighted by Crippen LogP contribution is 2.27. The molecule has 0 bridgehead atoms. The van der Waals surface area contributed by atoms with Crippen molar-refractivity contribution in [1.82, 2.24) is 9.21 Å². The van der Waals surface area contributed by atoms with Crippen molar-refractivity contribution in [2.75, 3.05) is 31.5 Å². The van der Waals surface area contributed by atoms with Crippen LogP contribution in [-0.4, -0.2) is 55.8 Å². The van der Waals surface area contributed by atoms with Crippen LogP contribution in [0.25, 0.3) is 0 Å². The summed E-state index contributed by atoms with van der Waals surface area (Å²) in [4.78, 5) is 15.2. The first kappa shape index (κ1) is 22.5. The first-order chi connectivity index (χ1) is 14.3. The second-order valence-corrected chi connectivity index (χ2v) is 9.75. The van der Waals surface area contributed by atoms with E-state index >= 15 is 0 Å². The van der Waals surface area contributed by atoms with E-state index in [2.05, 4.69) is 25.2 Å². The third-order valence-electron chi connectivity index (χ3n) is 5.94. The van der Waals surface area contributed by atoms with E-state index in [-0.39, 0.29) is 11.9 Å². The summed E-state index contributed by atoms with van der Waals surface area (Å²) in [7, 11) is -3.49. The van der Waals surface area contributed by atoms with E-state index in [1.54, 1.807) is 30.3 Å². The van der Waals surface area contributed by atoms with E-state index in [9.17, 15) is 13.2 Å². The third-order valence-corrected chi connectivity index (χ3v) is 7.86. The van der Waals surface area contributed by atoms with Crippen LogP contribution in [0.2, 0.25) is 0 Å². The number of nitrogens with zero attached hydrogens (tertiary/aromatic N) is 2. The van der Waals surface area contributed by atoms with Crippen molar-refractivity contribution in [2.24, 2.45) is 0 Å². The molecule has 1 amide bonds. The van der Waals surface area contributed by atoms with Gasteiger partial charge in [0.2, 0.25) is 15.9 Å². The number of hydrogen-bond acceptors (Lipinski definition) is 4. The summed E-state index contributed by atoms with van der Waals surface area (Å²) in [6, 6.07) is 16.1. The fourth-order valence-corrected chi connectivity index (χ4v) is 5.18. The number of piperazine rings is 1. The van der Waals surface area contributed by atoms with Crippen molar-refractivity contribution in [2.45, 2.75) is 44.0 Å². The first-order valence-corrected chi connectivity index (χ1v) is 12.0. The minimum absolute atomic E-state index is 0.0647. The Morgan fingerprint density at radius 2 is 1.57 bits per heavy atom. The van der Waals surface area contributed by atoms with Gasteiger partial charge in [-0.3, -0.25) is 9.69 Å². The minimum Gasteiger partial charge on any atom is -0.324 e. The zero-order chi connectivity index (χ0) is 21.7. The molecule has 0 aromatic heterocycles. The number of anilines is 1. The molecule has 2 atom stereocenters. The smallest absolute Gasteiger partial charge is 0.243 e. The normalized spacial score (nSPS) is 18.0. The summed E-state index contributed by atoms with van der Waals surface area (Å²) in [5.41, 5.74) is 1.99. The summed E-state index contributed by atoms with van der Waals surface area (Å²) >= 11 is 0. The molecular formula is C23H31N3O3S. The molecule has 0 radical (unpaired) electrons. The molecule has 1 aliphatic rings. The van der Waals surface area contributed by atoms with Crippen LogP contribution < -0.4 is 5.32 Å². The van der Waals surface area contributed by atoms with Crippen molar-refractivity contribution in [3.8, 4) is 0 Å². The Labute approximate surface area is 179 Å². The molecule has 162 valence electrons. The lowest BCUT2D eigenvalue weighted by atomic mass is 9.97. The number of sulfonamides is 1. The quantitative estimate of drug-likeness (QED) is 0.731. The molecule has 1 N–H and O–H groups in total. The fourth-order valence-electron chi connectivity index (χ4n) is 3.74. The maximum Gasteiger partial charge on any atom is 0.243 e. The lowest BCUT2D eigenvalue weighted by Crippen LogP contribution is -2.53. The summed E-state index contributed by atoms with van der Waals surface area (Å²) in [6.45, 7) is 7.95. The second-order valence-electron chi connectivity index (χ2n) is 7.81. The Morgan fingerprint density at radius 3 is 2.20 bits per heavy atom. The lowest BCUT2D eigenvalue weighted by Gasteiger charge is -2.36. The van der Waals surface area contributed by atoms with Gasteiger partial charge in [-0.05, 0) is 43.0 Å². The SMILES string of the molecule is CC[C@@H](C)c1ccccc1NC(=O)[C@H](C)N1CCN(S(=O)(=O)c2ccccc2)CC1. The van der Waals surface area contributed by atoms with E-state index in [1.165, 1.54) is 4.31 Å². The van der Waals surface area contributed by atoms with Crippen LogP contribution in [0.15, 0.2) is 59.5 Å². The topological polar surface area (TPSA) is 69.7 Å². The van der Waals surface area contributed by atoms with E-state index < -0.39 is 10.0 Å². The number of amides is 1. The number of hydrogen-bond donors (Lipinski definition) is 1. The van der Waals surface area contributed by atoms with Gasteiger partial charge < -0.3 is 5.32 Å². The molecule has 30 heavy (non-hydrogen) atoms. The number of rotatable bonds is 7. The van der Waals surface area contributed by atoms with Gasteiger partial charge in [0.05, 0.1) is 10.9 Å². The average molecular weight is 430 g/mol.